The number of amides is 1. The molecule has 0 bridgehead atoms. The number of carbonyl (C=O) groups excluding carboxylic acids is 1. The Kier molecular flexibility index (Phi) is 7.32. The summed E-state index contributed by atoms with van der Waals surface area (Å²) in [5.74, 6) is -0.562. The number of hydrogen-bond donors (Lipinski definition) is 1. The van der Waals surface area contributed by atoms with Crippen molar-refractivity contribution in [2.24, 2.45) is 7.05 Å². The van der Waals surface area contributed by atoms with Crippen molar-refractivity contribution in [1.29, 1.82) is 0 Å². The molecule has 0 atom stereocenters. The zero-order valence-electron chi connectivity index (χ0n) is 19.8. The Hall–Kier alpha value is -3.83. The van der Waals surface area contributed by atoms with E-state index in [0.29, 0.717) is 33.3 Å². The molecule has 1 saturated heterocycles. The molecule has 1 aliphatic rings. The van der Waals surface area contributed by atoms with Gasteiger partial charge >= 0.3 is 5.97 Å². The fourth-order valence-electron chi connectivity index (χ4n) is 3.77. The summed E-state index contributed by atoms with van der Waals surface area (Å²) in [4.78, 5) is 39.1. The summed E-state index contributed by atoms with van der Waals surface area (Å²) in [6, 6.07) is 14.2. The molecule has 1 aromatic heterocycles. The minimum Gasteiger partial charge on any atom is -0.493 e. The van der Waals surface area contributed by atoms with Crippen LogP contribution in [-0.2, 0) is 16.6 Å². The van der Waals surface area contributed by atoms with E-state index in [4.69, 9.17) is 26.8 Å². The van der Waals surface area contributed by atoms with Crippen molar-refractivity contribution in [1.82, 2.24) is 9.36 Å². The van der Waals surface area contributed by atoms with Crippen molar-refractivity contribution in [3.05, 3.63) is 75.0 Å². The monoisotopic (exact) mass is 525 g/mol. The number of aromatic nitrogens is 2. The van der Waals surface area contributed by atoms with Crippen LogP contribution in [-0.4, -0.2) is 44.4 Å². The molecule has 9 nitrogen and oxygen atoms in total. The molecule has 1 aliphatic heterocycles. The lowest BCUT2D eigenvalue weighted by molar-refractivity contribution is -0.137. The molecule has 36 heavy (non-hydrogen) atoms. The Morgan fingerprint density at radius 2 is 1.86 bits per heavy atom. The van der Waals surface area contributed by atoms with Crippen molar-refractivity contribution >= 4 is 51.9 Å². The fraction of sp³-hybridized carbons (Fsp3) is 0.200. The van der Waals surface area contributed by atoms with Crippen LogP contribution in [0.3, 0.4) is 0 Å². The van der Waals surface area contributed by atoms with Gasteiger partial charge in [-0.1, -0.05) is 48.2 Å². The number of anilines is 1. The average Bonchev–Trinajstić information content (AvgIpc) is 3.24. The molecule has 0 aliphatic carbocycles. The molecule has 3 aromatic rings. The van der Waals surface area contributed by atoms with E-state index < -0.39 is 11.9 Å². The van der Waals surface area contributed by atoms with E-state index in [-0.39, 0.29) is 28.6 Å². The largest absolute Gasteiger partial charge is 0.493 e. The topological polar surface area (TPSA) is 103 Å². The number of hydrogen-bond acceptors (Lipinski definition) is 7. The molecule has 2 aromatic carbocycles. The molecular weight excluding hydrogens is 502 g/mol. The summed E-state index contributed by atoms with van der Waals surface area (Å²) in [7, 11) is 3.23. The molecule has 2 heterocycles. The predicted molar refractivity (Wildman–Crippen MR) is 142 cm³/mol. The molecule has 0 spiro atoms. The standard InChI is InChI=1S/C25H23N3O6S2/c1-15-22(24(32)28(26(15)2)17-7-5-4-6-8-17)27-23(31)20(36-25(27)35)14-16-9-10-18(19(13-16)33-3)34-12-11-21(29)30/h4-10,13-14H,11-12H2,1-3H3,(H,29,30)/b20-14+. The third kappa shape index (κ3) is 4.79. The van der Waals surface area contributed by atoms with Crippen LogP contribution < -0.4 is 19.9 Å². The van der Waals surface area contributed by atoms with Crippen molar-refractivity contribution < 1.29 is 24.2 Å². The first-order valence-electron chi connectivity index (χ1n) is 10.9. The number of thioether (sulfide) groups is 1. The number of carboxylic acid groups (broad SMARTS) is 1. The van der Waals surface area contributed by atoms with Crippen LogP contribution in [0.5, 0.6) is 11.5 Å². The second-order valence-electron chi connectivity index (χ2n) is 7.83. The number of ether oxygens (including phenoxy) is 2. The van der Waals surface area contributed by atoms with Gasteiger partial charge in [0.1, 0.15) is 5.69 Å². The number of aliphatic carboxylic acids is 1. The third-order valence-corrected chi connectivity index (χ3v) is 6.90. The summed E-state index contributed by atoms with van der Waals surface area (Å²) >= 11 is 6.61. The number of methoxy groups -OCH3 is 1. The highest BCUT2D eigenvalue weighted by atomic mass is 32.2. The number of para-hydroxylation sites is 1. The lowest BCUT2D eigenvalue weighted by atomic mass is 10.2. The number of nitrogens with zero attached hydrogens (tertiary/aromatic N) is 3. The van der Waals surface area contributed by atoms with Gasteiger partial charge in [-0.2, -0.15) is 0 Å². The van der Waals surface area contributed by atoms with E-state index in [9.17, 15) is 14.4 Å². The molecule has 1 N–H and O–H groups in total. The second kappa shape index (κ2) is 10.4. The Morgan fingerprint density at radius 1 is 1.14 bits per heavy atom. The highest BCUT2D eigenvalue weighted by molar-refractivity contribution is 8.27. The zero-order chi connectivity index (χ0) is 26.0. The molecule has 1 fully saturated rings. The number of rotatable bonds is 8. The smallest absolute Gasteiger partial charge is 0.306 e. The van der Waals surface area contributed by atoms with E-state index in [1.807, 2.05) is 30.3 Å². The molecule has 4 rings (SSSR count). The Labute approximate surface area is 216 Å². The highest BCUT2D eigenvalue weighted by Crippen LogP contribution is 2.37. The maximum Gasteiger partial charge on any atom is 0.306 e. The molecule has 0 radical (unpaired) electrons. The lowest BCUT2D eigenvalue weighted by Crippen LogP contribution is -2.33. The van der Waals surface area contributed by atoms with E-state index in [1.165, 1.54) is 16.7 Å². The van der Waals surface area contributed by atoms with Gasteiger partial charge in [0, 0.05) is 7.05 Å². The highest BCUT2D eigenvalue weighted by Gasteiger charge is 2.37. The first kappa shape index (κ1) is 25.3. The summed E-state index contributed by atoms with van der Waals surface area (Å²) in [6.45, 7) is 1.77. The van der Waals surface area contributed by atoms with Gasteiger partial charge in [0.15, 0.2) is 15.8 Å². The van der Waals surface area contributed by atoms with Crippen molar-refractivity contribution in [2.75, 3.05) is 18.6 Å². The average molecular weight is 526 g/mol. The molecular formula is C25H23N3O6S2. The molecule has 186 valence electrons. The van der Waals surface area contributed by atoms with Crippen LogP contribution in [0.15, 0.2) is 58.2 Å². The van der Waals surface area contributed by atoms with Crippen LogP contribution in [0, 0.1) is 6.92 Å². The van der Waals surface area contributed by atoms with Crippen LogP contribution in [0.25, 0.3) is 11.8 Å². The Morgan fingerprint density at radius 3 is 2.53 bits per heavy atom. The lowest BCUT2D eigenvalue weighted by Gasteiger charge is -2.12. The molecule has 1 amide bonds. The van der Waals surface area contributed by atoms with Crippen LogP contribution in [0.4, 0.5) is 5.69 Å². The fourth-order valence-corrected chi connectivity index (χ4v) is 5.04. The third-order valence-electron chi connectivity index (χ3n) is 5.60. The van der Waals surface area contributed by atoms with Crippen molar-refractivity contribution in [3.8, 4) is 17.2 Å². The van der Waals surface area contributed by atoms with Gasteiger partial charge in [0.2, 0.25) is 0 Å². The zero-order valence-corrected chi connectivity index (χ0v) is 21.4. The number of carbonyl (C=O) groups is 2. The quantitative estimate of drug-likeness (QED) is 0.350. The van der Waals surface area contributed by atoms with Gasteiger partial charge < -0.3 is 14.6 Å². The van der Waals surface area contributed by atoms with Gasteiger partial charge in [0.05, 0.1) is 36.4 Å². The van der Waals surface area contributed by atoms with Crippen LogP contribution >= 0.6 is 24.0 Å². The van der Waals surface area contributed by atoms with E-state index in [0.717, 1.165) is 11.8 Å². The summed E-state index contributed by atoms with van der Waals surface area (Å²) in [5.41, 5.74) is 1.81. The van der Waals surface area contributed by atoms with Crippen LogP contribution in [0.2, 0.25) is 0 Å². The van der Waals surface area contributed by atoms with Gasteiger partial charge in [0.25, 0.3) is 11.5 Å². The summed E-state index contributed by atoms with van der Waals surface area (Å²) in [6.07, 6.45) is 1.52. The first-order valence-corrected chi connectivity index (χ1v) is 12.1. The van der Waals surface area contributed by atoms with Gasteiger partial charge in [-0.15, -0.1) is 0 Å². The van der Waals surface area contributed by atoms with Gasteiger partial charge in [-0.25, -0.2) is 4.68 Å². The van der Waals surface area contributed by atoms with Crippen molar-refractivity contribution in [3.63, 3.8) is 0 Å². The maximum absolute atomic E-state index is 13.4. The maximum atomic E-state index is 13.4. The normalized spacial score (nSPS) is 14.5. The van der Waals surface area contributed by atoms with Crippen LogP contribution in [0.1, 0.15) is 17.7 Å². The van der Waals surface area contributed by atoms with Crippen molar-refractivity contribution in [2.45, 2.75) is 13.3 Å². The summed E-state index contributed by atoms with van der Waals surface area (Å²) in [5, 5.41) is 8.79. The molecule has 0 unspecified atom stereocenters. The number of carboxylic acids is 1. The second-order valence-corrected chi connectivity index (χ2v) is 9.51. The van der Waals surface area contributed by atoms with E-state index >= 15 is 0 Å². The first-order chi connectivity index (χ1) is 17.2. The molecule has 11 heteroatoms. The Balaban J connectivity index is 1.65. The van der Waals surface area contributed by atoms with E-state index in [2.05, 4.69) is 0 Å². The summed E-state index contributed by atoms with van der Waals surface area (Å²) < 4.78 is 14.3. The minimum atomic E-state index is -0.961. The van der Waals surface area contributed by atoms with Gasteiger partial charge in [-0.05, 0) is 42.8 Å². The Bertz CT molecular complexity index is 1440. The molecule has 0 saturated carbocycles. The minimum absolute atomic E-state index is 0.000629. The van der Waals surface area contributed by atoms with E-state index in [1.54, 1.807) is 42.9 Å². The van der Waals surface area contributed by atoms with Gasteiger partial charge in [-0.3, -0.25) is 24.0 Å². The number of thiocarbonyl (C=S) groups is 1. The number of benzene rings is 2. The SMILES string of the molecule is COc1cc(/C=C2/SC(=S)N(c3c(C)n(C)n(-c4ccccc4)c3=O)C2=O)ccc1OCCC(=O)O. The predicted octanol–water partition coefficient (Wildman–Crippen LogP) is 3.75.